The molecular weight excluding hydrogens is 414 g/mol. The van der Waals surface area contributed by atoms with Crippen LogP contribution in [0.15, 0.2) is 65.7 Å². The van der Waals surface area contributed by atoms with Crippen LogP contribution >= 0.6 is 11.6 Å². The smallest absolute Gasteiger partial charge is 0.258 e. The first kappa shape index (κ1) is 20.8. The lowest BCUT2D eigenvalue weighted by Crippen LogP contribution is -2.31. The third kappa shape index (κ3) is 4.83. The van der Waals surface area contributed by atoms with E-state index >= 15 is 0 Å². The van der Waals surface area contributed by atoms with Crippen molar-refractivity contribution in [2.75, 3.05) is 0 Å². The number of rotatable bonds is 7. The van der Waals surface area contributed by atoms with Gasteiger partial charge in [0.25, 0.3) is 5.56 Å². The van der Waals surface area contributed by atoms with Crippen LogP contribution < -0.4 is 10.9 Å². The van der Waals surface area contributed by atoms with Crippen LogP contribution in [0.5, 0.6) is 0 Å². The molecule has 0 bridgehead atoms. The Bertz CT molecular complexity index is 1260. The molecule has 1 atom stereocenters. The molecule has 31 heavy (non-hydrogen) atoms. The minimum absolute atomic E-state index is 0.105. The number of imidazole rings is 1. The standard InChI is InChI=1S/C23H22ClN5O2/c1-29-14-13-25-22(29)21(15-9-11-16(24)12-10-15)28-20(30)8-4-7-19-26-18-6-3-2-5-17(18)23(31)27-19/h2-3,5-6,9-14,21H,4,7-8H2,1H3,(H,28,30)(H,26,27,31)/t21-/m1/s1. The number of H-pyrrole nitrogens is 1. The number of hydrogen-bond acceptors (Lipinski definition) is 4. The van der Waals surface area contributed by atoms with E-state index in [2.05, 4.69) is 20.3 Å². The van der Waals surface area contributed by atoms with Crippen molar-refractivity contribution >= 4 is 28.4 Å². The molecule has 0 aliphatic heterocycles. The zero-order valence-corrected chi connectivity index (χ0v) is 17.8. The van der Waals surface area contributed by atoms with Gasteiger partial charge in [-0.05, 0) is 36.2 Å². The van der Waals surface area contributed by atoms with E-state index in [1.807, 2.05) is 48.1 Å². The van der Waals surface area contributed by atoms with Gasteiger partial charge in [-0.15, -0.1) is 0 Å². The second-order valence-corrected chi connectivity index (χ2v) is 7.77. The fourth-order valence-corrected chi connectivity index (χ4v) is 3.64. The van der Waals surface area contributed by atoms with E-state index in [9.17, 15) is 9.59 Å². The number of benzene rings is 2. The number of hydrogen-bond donors (Lipinski definition) is 2. The Hall–Kier alpha value is -3.45. The average molecular weight is 436 g/mol. The van der Waals surface area contributed by atoms with E-state index in [-0.39, 0.29) is 17.5 Å². The Morgan fingerprint density at radius 2 is 1.97 bits per heavy atom. The summed E-state index contributed by atoms with van der Waals surface area (Å²) >= 11 is 6.01. The summed E-state index contributed by atoms with van der Waals surface area (Å²) in [6.07, 6.45) is 4.89. The number of amides is 1. The second kappa shape index (κ2) is 9.14. The van der Waals surface area contributed by atoms with Crippen molar-refractivity contribution in [2.45, 2.75) is 25.3 Å². The molecule has 4 rings (SSSR count). The van der Waals surface area contributed by atoms with Crippen molar-refractivity contribution < 1.29 is 4.79 Å². The average Bonchev–Trinajstić information content (AvgIpc) is 3.18. The van der Waals surface area contributed by atoms with E-state index in [4.69, 9.17) is 11.6 Å². The number of halogens is 1. The molecule has 1 amide bonds. The summed E-state index contributed by atoms with van der Waals surface area (Å²) < 4.78 is 1.88. The summed E-state index contributed by atoms with van der Waals surface area (Å²) in [4.78, 5) is 36.6. The molecule has 0 aliphatic carbocycles. The SMILES string of the molecule is Cn1ccnc1[C@H](NC(=O)CCCc1nc2ccccc2c(=O)[nH]1)c1ccc(Cl)cc1. The largest absolute Gasteiger partial charge is 0.342 e. The summed E-state index contributed by atoms with van der Waals surface area (Å²) in [5, 5.41) is 4.26. The molecule has 0 fully saturated rings. The quantitative estimate of drug-likeness (QED) is 0.464. The number of aryl methyl sites for hydroxylation is 2. The van der Waals surface area contributed by atoms with Crippen LogP contribution in [0.1, 0.15) is 36.1 Å². The lowest BCUT2D eigenvalue weighted by atomic mass is 10.1. The highest BCUT2D eigenvalue weighted by Gasteiger charge is 2.20. The fraction of sp³-hybridized carbons (Fsp3) is 0.217. The molecule has 0 unspecified atom stereocenters. The van der Waals surface area contributed by atoms with Crippen LogP contribution in [-0.2, 0) is 18.3 Å². The van der Waals surface area contributed by atoms with E-state index in [0.717, 1.165) is 11.4 Å². The maximum Gasteiger partial charge on any atom is 0.258 e. The van der Waals surface area contributed by atoms with E-state index < -0.39 is 0 Å². The van der Waals surface area contributed by atoms with Gasteiger partial charge in [-0.2, -0.15) is 0 Å². The summed E-state index contributed by atoms with van der Waals surface area (Å²) in [6.45, 7) is 0. The van der Waals surface area contributed by atoms with E-state index in [0.29, 0.717) is 41.0 Å². The zero-order valence-electron chi connectivity index (χ0n) is 17.0. The molecule has 8 heteroatoms. The molecule has 158 valence electrons. The fourth-order valence-electron chi connectivity index (χ4n) is 3.51. The van der Waals surface area contributed by atoms with Crippen LogP contribution in [0.3, 0.4) is 0 Å². The van der Waals surface area contributed by atoms with Crippen LogP contribution in [0.4, 0.5) is 0 Å². The van der Waals surface area contributed by atoms with Gasteiger partial charge in [0.2, 0.25) is 5.91 Å². The minimum Gasteiger partial charge on any atom is -0.342 e. The van der Waals surface area contributed by atoms with Crippen LogP contribution in [0.25, 0.3) is 10.9 Å². The third-order valence-electron chi connectivity index (χ3n) is 5.10. The predicted molar refractivity (Wildman–Crippen MR) is 120 cm³/mol. The first-order valence-electron chi connectivity index (χ1n) is 10.0. The first-order valence-corrected chi connectivity index (χ1v) is 10.4. The second-order valence-electron chi connectivity index (χ2n) is 7.33. The molecule has 0 spiro atoms. The normalized spacial score (nSPS) is 12.1. The summed E-state index contributed by atoms with van der Waals surface area (Å²) in [6, 6.07) is 14.2. The van der Waals surface area contributed by atoms with Gasteiger partial charge in [-0.3, -0.25) is 9.59 Å². The van der Waals surface area contributed by atoms with E-state index in [1.165, 1.54) is 0 Å². The maximum absolute atomic E-state index is 12.7. The third-order valence-corrected chi connectivity index (χ3v) is 5.36. The Labute approximate surface area is 184 Å². The lowest BCUT2D eigenvalue weighted by molar-refractivity contribution is -0.121. The van der Waals surface area contributed by atoms with Crippen LogP contribution in [0.2, 0.25) is 5.02 Å². The summed E-state index contributed by atoms with van der Waals surface area (Å²) in [5.41, 5.74) is 1.39. The minimum atomic E-state index is -0.386. The van der Waals surface area contributed by atoms with Crippen molar-refractivity contribution in [1.29, 1.82) is 0 Å². The van der Waals surface area contributed by atoms with E-state index in [1.54, 1.807) is 24.4 Å². The van der Waals surface area contributed by atoms with Crippen molar-refractivity contribution in [2.24, 2.45) is 7.05 Å². The molecule has 2 heterocycles. The van der Waals surface area contributed by atoms with Gasteiger partial charge in [-0.25, -0.2) is 9.97 Å². The number of carbonyl (C=O) groups excluding carboxylic acids is 1. The number of para-hydroxylation sites is 1. The topological polar surface area (TPSA) is 92.7 Å². The Balaban J connectivity index is 1.43. The molecule has 0 aliphatic rings. The molecule has 0 saturated carbocycles. The number of nitrogens with one attached hydrogen (secondary N) is 2. The monoisotopic (exact) mass is 435 g/mol. The van der Waals surface area contributed by atoms with Gasteiger partial charge in [0, 0.05) is 37.3 Å². The molecule has 2 aromatic carbocycles. The number of nitrogens with zero attached hydrogens (tertiary/aromatic N) is 3. The number of aromatic amines is 1. The first-order chi connectivity index (χ1) is 15.0. The molecule has 0 radical (unpaired) electrons. The Kier molecular flexibility index (Phi) is 6.13. The molecular formula is C23H22ClN5O2. The maximum atomic E-state index is 12.7. The van der Waals surface area contributed by atoms with Crippen LogP contribution in [0, 0.1) is 0 Å². The Morgan fingerprint density at radius 1 is 1.19 bits per heavy atom. The molecule has 0 saturated heterocycles. The van der Waals surface area contributed by atoms with Crippen molar-refractivity contribution in [3.63, 3.8) is 0 Å². The van der Waals surface area contributed by atoms with Crippen molar-refractivity contribution in [3.8, 4) is 0 Å². The van der Waals surface area contributed by atoms with Crippen LogP contribution in [-0.4, -0.2) is 25.4 Å². The highest BCUT2D eigenvalue weighted by atomic mass is 35.5. The summed E-state index contributed by atoms with van der Waals surface area (Å²) in [5.74, 6) is 1.21. The predicted octanol–water partition coefficient (Wildman–Crippen LogP) is 3.54. The van der Waals surface area contributed by atoms with Gasteiger partial charge >= 0.3 is 0 Å². The lowest BCUT2D eigenvalue weighted by Gasteiger charge is -2.19. The van der Waals surface area contributed by atoms with Gasteiger partial charge in [0.1, 0.15) is 17.7 Å². The number of carbonyl (C=O) groups is 1. The van der Waals surface area contributed by atoms with Gasteiger partial charge in [0.05, 0.1) is 10.9 Å². The van der Waals surface area contributed by atoms with Gasteiger partial charge in [0.15, 0.2) is 0 Å². The highest BCUT2D eigenvalue weighted by Crippen LogP contribution is 2.22. The molecule has 7 nitrogen and oxygen atoms in total. The zero-order chi connectivity index (χ0) is 21.8. The molecule has 2 aromatic heterocycles. The molecule has 2 N–H and O–H groups in total. The molecule has 4 aromatic rings. The van der Waals surface area contributed by atoms with Gasteiger partial charge < -0.3 is 14.9 Å². The van der Waals surface area contributed by atoms with Crippen molar-refractivity contribution in [1.82, 2.24) is 24.8 Å². The number of aromatic nitrogens is 4. The highest BCUT2D eigenvalue weighted by molar-refractivity contribution is 6.30. The van der Waals surface area contributed by atoms with Gasteiger partial charge in [-0.1, -0.05) is 35.9 Å². The number of fused-ring (bicyclic) bond motifs is 1. The summed E-state index contributed by atoms with van der Waals surface area (Å²) in [7, 11) is 1.89. The Morgan fingerprint density at radius 3 is 2.71 bits per heavy atom. The van der Waals surface area contributed by atoms with Crippen molar-refractivity contribution in [3.05, 3.63) is 93.5 Å².